The first-order valence-corrected chi connectivity index (χ1v) is 22.8. The lowest BCUT2D eigenvalue weighted by Crippen LogP contribution is -2.54. The molecule has 4 atom stereocenters. The fourth-order valence-corrected chi connectivity index (χ4v) is 9.98. The van der Waals surface area contributed by atoms with Crippen LogP contribution in [0.2, 0.25) is 0 Å². The molecule has 4 heterocycles. The number of imide groups is 2. The Morgan fingerprint density at radius 3 is 2.42 bits per heavy atom. The van der Waals surface area contributed by atoms with Gasteiger partial charge < -0.3 is 25.4 Å². The van der Waals surface area contributed by atoms with Crippen LogP contribution in [0.25, 0.3) is 10.8 Å². The summed E-state index contributed by atoms with van der Waals surface area (Å²) in [5.41, 5.74) is 10.4. The summed E-state index contributed by atoms with van der Waals surface area (Å²) in [6.45, 7) is 3.64. The summed E-state index contributed by atoms with van der Waals surface area (Å²) in [4.78, 5) is 83.2. The number of nitrogens with one attached hydrogen (secondary N) is 2. The van der Waals surface area contributed by atoms with Crippen molar-refractivity contribution in [2.45, 2.75) is 95.9 Å². The van der Waals surface area contributed by atoms with Gasteiger partial charge >= 0.3 is 0 Å². The van der Waals surface area contributed by atoms with Crippen LogP contribution in [-0.4, -0.2) is 95.8 Å². The lowest BCUT2D eigenvalue weighted by molar-refractivity contribution is -0.136. The van der Waals surface area contributed by atoms with E-state index in [4.69, 9.17) is 15.2 Å². The van der Waals surface area contributed by atoms with E-state index in [9.17, 15) is 33.2 Å². The Hall–Kier alpha value is -6.66. The van der Waals surface area contributed by atoms with Crippen molar-refractivity contribution in [3.8, 4) is 23.5 Å². The maximum Gasteiger partial charge on any atom is 0.262 e. The molecule has 4 aromatic rings. The summed E-state index contributed by atoms with van der Waals surface area (Å²) < 4.78 is 26.0. The van der Waals surface area contributed by atoms with E-state index in [1.54, 1.807) is 30.5 Å². The third-order valence-corrected chi connectivity index (χ3v) is 13.5. The van der Waals surface area contributed by atoms with Crippen LogP contribution in [0.4, 0.5) is 4.39 Å². The standard InChI is InChI=1S/C51H55FN6O8/c1-4-35-40(55-48(62)45(35)52)28-66-49-38-24-42(65-3)39(46(53)60)23-37(38)34(25-54-49)20-19-30-13-17-32(18-14-30)27-57(2)26-31-15-11-29(12-16-31)7-5-8-33-9-6-10-36-44(33)51(64)58(50(36)63)41-21-22-43(59)56-47(41)61/h6,9-12,15-16,23-25,30,32,35,40-41,45H,4-5,7-8,13-14,17-18,21-22,26-28H2,1-3H3,(H2,53,60)(H,55,62)(H,56,59,61)/t30-,32-,35-,40+,41?,45-/m0/s1. The largest absolute Gasteiger partial charge is 0.496 e. The number of benzene rings is 3. The van der Waals surface area contributed by atoms with E-state index >= 15 is 0 Å². The summed E-state index contributed by atoms with van der Waals surface area (Å²) in [6.07, 6.45) is 6.89. The second-order valence-electron chi connectivity index (χ2n) is 18.0. The van der Waals surface area contributed by atoms with Gasteiger partial charge in [0.15, 0.2) is 6.17 Å². The molecule has 1 saturated carbocycles. The number of nitrogens with two attached hydrogens (primary N) is 1. The van der Waals surface area contributed by atoms with Gasteiger partial charge in [0.2, 0.25) is 17.7 Å². The van der Waals surface area contributed by atoms with Crippen molar-refractivity contribution in [1.29, 1.82) is 0 Å². The Balaban J connectivity index is 0.825. The molecule has 4 aliphatic rings. The number of alkyl halides is 1. The van der Waals surface area contributed by atoms with Gasteiger partial charge in [-0.3, -0.25) is 39.0 Å². The molecular weight excluding hydrogens is 844 g/mol. The van der Waals surface area contributed by atoms with Gasteiger partial charge in [0, 0.05) is 48.3 Å². The maximum atomic E-state index is 14.5. The number of amides is 6. The monoisotopic (exact) mass is 898 g/mol. The van der Waals surface area contributed by atoms with E-state index < -0.39 is 59.6 Å². The normalized spacial score (nSPS) is 22.8. The van der Waals surface area contributed by atoms with E-state index in [0.29, 0.717) is 46.2 Å². The highest BCUT2D eigenvalue weighted by molar-refractivity contribution is 6.24. The Morgan fingerprint density at radius 2 is 1.71 bits per heavy atom. The van der Waals surface area contributed by atoms with Gasteiger partial charge in [0.25, 0.3) is 23.6 Å². The van der Waals surface area contributed by atoms with Crippen LogP contribution in [0.5, 0.6) is 11.6 Å². The number of fused-ring (bicyclic) bond motifs is 2. The number of aromatic nitrogens is 1. The lowest BCUT2D eigenvalue weighted by atomic mass is 9.82. The quantitative estimate of drug-likeness (QED) is 0.102. The van der Waals surface area contributed by atoms with Crippen LogP contribution in [0.3, 0.4) is 0 Å². The van der Waals surface area contributed by atoms with E-state index in [1.165, 1.54) is 18.2 Å². The Labute approximate surface area is 383 Å². The number of piperidine rings is 1. The number of nitrogens with zero attached hydrogens (tertiary/aromatic N) is 3. The minimum Gasteiger partial charge on any atom is -0.496 e. The molecule has 3 aromatic carbocycles. The summed E-state index contributed by atoms with van der Waals surface area (Å²) in [5.74, 6) is 4.27. The predicted molar refractivity (Wildman–Crippen MR) is 243 cm³/mol. The molecule has 0 bridgehead atoms. The number of ether oxygens (including phenoxy) is 2. The van der Waals surface area contributed by atoms with Crippen molar-refractivity contribution in [3.05, 3.63) is 99.7 Å². The number of halogens is 1. The Bertz CT molecular complexity index is 2630. The van der Waals surface area contributed by atoms with Crippen LogP contribution in [0.15, 0.2) is 60.8 Å². The number of carbonyl (C=O) groups is 6. The van der Waals surface area contributed by atoms with Gasteiger partial charge in [-0.15, -0.1) is 0 Å². The van der Waals surface area contributed by atoms with E-state index in [1.807, 2.05) is 13.0 Å². The van der Waals surface area contributed by atoms with Crippen LogP contribution in [0, 0.1) is 29.6 Å². The van der Waals surface area contributed by atoms with Crippen molar-refractivity contribution in [2.24, 2.45) is 23.5 Å². The summed E-state index contributed by atoms with van der Waals surface area (Å²) in [7, 11) is 3.59. The fourth-order valence-electron chi connectivity index (χ4n) is 9.98. The van der Waals surface area contributed by atoms with Gasteiger partial charge in [-0.2, -0.15) is 0 Å². The molecule has 3 fully saturated rings. The SMILES string of the molecule is CC[C@@H]1[C@H](F)C(=O)N[C@@H]1COc1ncc(C#C[C@H]2CC[C@H](CN(C)Cc3ccc(CCCc4cccc5c4C(=O)N(C4CCC(=O)NC4=O)C5=O)cc3)CC2)c2cc(C(N)=O)c(OC)cc12. The number of carbonyl (C=O) groups excluding carboxylic acids is 6. The minimum absolute atomic E-state index is 0.0241. The molecule has 4 N–H and O–H groups in total. The van der Waals surface area contributed by atoms with Crippen molar-refractivity contribution >= 4 is 46.2 Å². The van der Waals surface area contributed by atoms with E-state index in [2.05, 4.69) is 63.7 Å². The van der Waals surface area contributed by atoms with Crippen LogP contribution in [0.1, 0.15) is 112 Å². The van der Waals surface area contributed by atoms with Crippen LogP contribution >= 0.6 is 0 Å². The molecule has 66 heavy (non-hydrogen) atoms. The molecule has 6 amide bonds. The fraction of sp³-hybridized carbons (Fsp3) is 0.431. The zero-order valence-corrected chi connectivity index (χ0v) is 37.5. The summed E-state index contributed by atoms with van der Waals surface area (Å²) in [5, 5.41) is 6.12. The number of pyridine rings is 1. The second kappa shape index (κ2) is 19.8. The maximum absolute atomic E-state index is 14.5. The molecule has 14 nitrogen and oxygen atoms in total. The first-order valence-electron chi connectivity index (χ1n) is 22.8. The molecule has 344 valence electrons. The zero-order valence-electron chi connectivity index (χ0n) is 37.5. The first-order chi connectivity index (χ1) is 31.8. The molecule has 3 aliphatic heterocycles. The number of aryl methyl sites for hydroxylation is 2. The molecular formula is C51H55FN6O8. The highest BCUT2D eigenvalue weighted by atomic mass is 19.1. The number of rotatable bonds is 15. The zero-order chi connectivity index (χ0) is 46.6. The highest BCUT2D eigenvalue weighted by Crippen LogP contribution is 2.35. The number of hydrogen-bond acceptors (Lipinski definition) is 10. The molecule has 0 radical (unpaired) electrons. The van der Waals surface area contributed by atoms with Gasteiger partial charge in [-0.05, 0) is 106 Å². The first kappa shape index (κ1) is 45.9. The average Bonchev–Trinajstić information content (AvgIpc) is 3.73. The second-order valence-corrected chi connectivity index (χ2v) is 18.0. The highest BCUT2D eigenvalue weighted by Gasteiger charge is 2.45. The lowest BCUT2D eigenvalue weighted by Gasteiger charge is -2.29. The van der Waals surface area contributed by atoms with Gasteiger partial charge in [0.1, 0.15) is 18.4 Å². The average molecular weight is 899 g/mol. The van der Waals surface area contributed by atoms with Gasteiger partial charge in [0.05, 0.1) is 35.4 Å². The Kier molecular flexibility index (Phi) is 13.8. The molecule has 8 rings (SSSR count). The van der Waals surface area contributed by atoms with Crippen molar-refractivity contribution in [2.75, 3.05) is 27.3 Å². The van der Waals surface area contributed by atoms with Crippen molar-refractivity contribution in [3.63, 3.8) is 0 Å². The number of primary amides is 1. The molecule has 2 saturated heterocycles. The minimum atomic E-state index is -1.59. The van der Waals surface area contributed by atoms with E-state index in [0.717, 1.165) is 62.1 Å². The van der Waals surface area contributed by atoms with Crippen LogP contribution < -0.4 is 25.8 Å². The third-order valence-electron chi connectivity index (χ3n) is 13.5. The molecule has 15 heteroatoms. The summed E-state index contributed by atoms with van der Waals surface area (Å²) in [6, 6.07) is 15.7. The van der Waals surface area contributed by atoms with Crippen LogP contribution in [-0.2, 0) is 33.8 Å². The van der Waals surface area contributed by atoms with Gasteiger partial charge in [-0.1, -0.05) is 55.2 Å². The van der Waals surface area contributed by atoms with Gasteiger partial charge in [-0.25, -0.2) is 9.37 Å². The van der Waals surface area contributed by atoms with E-state index in [-0.39, 0.29) is 42.6 Å². The molecule has 1 aliphatic carbocycles. The topological polar surface area (TPSA) is 190 Å². The van der Waals surface area contributed by atoms with Crippen molar-refractivity contribution in [1.82, 2.24) is 25.4 Å². The Morgan fingerprint density at radius 1 is 0.955 bits per heavy atom. The molecule has 1 aromatic heterocycles. The summed E-state index contributed by atoms with van der Waals surface area (Å²) >= 11 is 0. The third kappa shape index (κ3) is 9.65. The molecule has 1 unspecified atom stereocenters. The smallest absolute Gasteiger partial charge is 0.262 e. The number of hydrogen-bond donors (Lipinski definition) is 3. The predicted octanol–water partition coefficient (Wildman–Crippen LogP) is 5.45. The number of methoxy groups -OCH3 is 1. The van der Waals surface area contributed by atoms with Crippen molar-refractivity contribution < 1.29 is 42.6 Å². The molecule has 0 spiro atoms.